The lowest BCUT2D eigenvalue weighted by molar-refractivity contribution is -0.926. The monoisotopic (exact) mass is 350 g/mol. The molecule has 0 amide bonds. The Balaban J connectivity index is 2.63. The van der Waals surface area contributed by atoms with Crippen molar-refractivity contribution in [2.75, 3.05) is 32.8 Å². The molecule has 0 aliphatic heterocycles. The molecule has 0 aliphatic rings. The third-order valence-corrected chi connectivity index (χ3v) is 4.48. The van der Waals surface area contributed by atoms with Crippen LogP contribution in [0.4, 0.5) is 0 Å². The Labute approximate surface area is 151 Å². The SMILES string of the molecule is CCCC[N+](CC)(CCC)CCOC(=O)c1cccc(OC(C)=O)c1. The summed E-state index contributed by atoms with van der Waals surface area (Å²) < 4.78 is 11.5. The van der Waals surface area contributed by atoms with E-state index in [0.29, 0.717) is 17.9 Å². The summed E-state index contributed by atoms with van der Waals surface area (Å²) in [5, 5.41) is 0. The molecule has 0 radical (unpaired) electrons. The van der Waals surface area contributed by atoms with Crippen molar-refractivity contribution >= 4 is 11.9 Å². The average Bonchev–Trinajstić information content (AvgIpc) is 2.59. The number of benzene rings is 1. The van der Waals surface area contributed by atoms with Gasteiger partial charge in [0.15, 0.2) is 0 Å². The van der Waals surface area contributed by atoms with Crippen molar-refractivity contribution < 1.29 is 23.5 Å². The average molecular weight is 350 g/mol. The second kappa shape index (κ2) is 10.9. The Hall–Kier alpha value is -1.88. The molecule has 0 N–H and O–H groups in total. The standard InChI is InChI=1S/C20H32NO4/c1-5-8-13-21(7-3,12-6-2)14-15-24-20(23)18-10-9-11-19(16-18)25-17(4)22/h9-11,16H,5-8,12-15H2,1-4H3/q+1. The van der Waals surface area contributed by atoms with Gasteiger partial charge in [-0.05, 0) is 38.0 Å². The highest BCUT2D eigenvalue weighted by Crippen LogP contribution is 2.15. The molecule has 140 valence electrons. The van der Waals surface area contributed by atoms with Crippen LogP contribution in [0.5, 0.6) is 5.75 Å². The molecule has 0 fully saturated rings. The van der Waals surface area contributed by atoms with Crippen LogP contribution >= 0.6 is 0 Å². The van der Waals surface area contributed by atoms with Crippen LogP contribution in [-0.2, 0) is 9.53 Å². The van der Waals surface area contributed by atoms with E-state index in [1.54, 1.807) is 18.2 Å². The van der Waals surface area contributed by atoms with Gasteiger partial charge in [-0.25, -0.2) is 4.79 Å². The van der Waals surface area contributed by atoms with Crippen LogP contribution < -0.4 is 4.74 Å². The van der Waals surface area contributed by atoms with Gasteiger partial charge in [-0.15, -0.1) is 0 Å². The van der Waals surface area contributed by atoms with E-state index < -0.39 is 5.97 Å². The summed E-state index contributed by atoms with van der Waals surface area (Å²) in [6, 6.07) is 6.53. The van der Waals surface area contributed by atoms with E-state index in [1.807, 2.05) is 0 Å². The molecule has 0 heterocycles. The van der Waals surface area contributed by atoms with Gasteiger partial charge in [0.25, 0.3) is 0 Å². The van der Waals surface area contributed by atoms with Gasteiger partial charge in [0.2, 0.25) is 0 Å². The number of unbranched alkanes of at least 4 members (excludes halogenated alkanes) is 1. The van der Waals surface area contributed by atoms with E-state index in [4.69, 9.17) is 9.47 Å². The first kappa shape index (κ1) is 21.2. The van der Waals surface area contributed by atoms with E-state index in [2.05, 4.69) is 20.8 Å². The molecule has 0 aromatic heterocycles. The maximum Gasteiger partial charge on any atom is 0.338 e. The Kier molecular flexibility index (Phi) is 9.21. The van der Waals surface area contributed by atoms with Gasteiger partial charge in [0.05, 0.1) is 25.2 Å². The highest BCUT2D eigenvalue weighted by molar-refractivity contribution is 5.90. The molecular weight excluding hydrogens is 318 g/mol. The molecule has 0 bridgehead atoms. The minimum Gasteiger partial charge on any atom is -0.456 e. The molecular formula is C20H32NO4+. The van der Waals surface area contributed by atoms with Gasteiger partial charge in [-0.2, -0.15) is 0 Å². The smallest absolute Gasteiger partial charge is 0.338 e. The zero-order valence-electron chi connectivity index (χ0n) is 16.0. The molecule has 1 rings (SSSR count). The van der Waals surface area contributed by atoms with Crippen LogP contribution in [0.2, 0.25) is 0 Å². The molecule has 5 nitrogen and oxygen atoms in total. The molecule has 1 aromatic rings. The highest BCUT2D eigenvalue weighted by Gasteiger charge is 2.24. The summed E-state index contributed by atoms with van der Waals surface area (Å²) in [7, 11) is 0. The lowest BCUT2D eigenvalue weighted by Crippen LogP contribution is -2.51. The quantitative estimate of drug-likeness (QED) is 0.346. The second-order valence-corrected chi connectivity index (χ2v) is 6.44. The van der Waals surface area contributed by atoms with E-state index in [-0.39, 0.29) is 5.97 Å². The Bertz CT molecular complexity index is 558. The van der Waals surface area contributed by atoms with E-state index in [0.717, 1.165) is 37.1 Å². The topological polar surface area (TPSA) is 52.6 Å². The highest BCUT2D eigenvalue weighted by atomic mass is 16.5. The van der Waals surface area contributed by atoms with Crippen molar-refractivity contribution in [3.63, 3.8) is 0 Å². The molecule has 5 heteroatoms. The van der Waals surface area contributed by atoms with Gasteiger partial charge < -0.3 is 14.0 Å². The van der Waals surface area contributed by atoms with Crippen molar-refractivity contribution in [3.8, 4) is 5.75 Å². The third-order valence-electron chi connectivity index (χ3n) is 4.48. The molecule has 1 unspecified atom stereocenters. The molecule has 0 saturated heterocycles. The van der Waals surface area contributed by atoms with Gasteiger partial charge >= 0.3 is 11.9 Å². The molecule has 1 aromatic carbocycles. The van der Waals surface area contributed by atoms with Crippen molar-refractivity contribution in [1.82, 2.24) is 0 Å². The number of rotatable bonds is 11. The Morgan fingerprint density at radius 1 is 1.04 bits per heavy atom. The minimum absolute atomic E-state index is 0.356. The fraction of sp³-hybridized carbons (Fsp3) is 0.600. The molecule has 1 atom stereocenters. The number of nitrogens with zero attached hydrogens (tertiary/aromatic N) is 1. The third kappa shape index (κ3) is 7.26. The van der Waals surface area contributed by atoms with E-state index in [9.17, 15) is 9.59 Å². The fourth-order valence-electron chi connectivity index (χ4n) is 3.05. The van der Waals surface area contributed by atoms with Crippen molar-refractivity contribution in [1.29, 1.82) is 0 Å². The summed E-state index contributed by atoms with van der Waals surface area (Å²) in [5.74, 6) is -0.434. The Morgan fingerprint density at radius 3 is 2.40 bits per heavy atom. The van der Waals surface area contributed by atoms with E-state index >= 15 is 0 Å². The zero-order valence-corrected chi connectivity index (χ0v) is 16.0. The van der Waals surface area contributed by atoms with Crippen molar-refractivity contribution in [3.05, 3.63) is 29.8 Å². The maximum absolute atomic E-state index is 12.3. The van der Waals surface area contributed by atoms with Crippen molar-refractivity contribution in [2.24, 2.45) is 0 Å². The first-order valence-electron chi connectivity index (χ1n) is 9.27. The number of hydrogen-bond donors (Lipinski definition) is 0. The number of carbonyl (C=O) groups excluding carboxylic acids is 2. The van der Waals surface area contributed by atoms with Gasteiger partial charge in [0.1, 0.15) is 18.9 Å². The number of carbonyl (C=O) groups is 2. The first-order valence-corrected chi connectivity index (χ1v) is 9.27. The number of esters is 2. The van der Waals surface area contributed by atoms with Gasteiger partial charge in [-0.1, -0.05) is 26.3 Å². The Morgan fingerprint density at radius 2 is 1.80 bits per heavy atom. The lowest BCUT2D eigenvalue weighted by Gasteiger charge is -2.37. The predicted molar refractivity (Wildman–Crippen MR) is 98.6 cm³/mol. The first-order chi connectivity index (χ1) is 12.0. The predicted octanol–water partition coefficient (Wildman–Crippen LogP) is 3.82. The number of likely N-dealkylation sites (N-methyl/N-ethyl adjacent to an activating group) is 1. The largest absolute Gasteiger partial charge is 0.456 e. The summed E-state index contributed by atoms with van der Waals surface area (Å²) in [4.78, 5) is 23.3. The molecule has 0 aliphatic carbocycles. The zero-order chi connectivity index (χ0) is 18.7. The van der Waals surface area contributed by atoms with Crippen LogP contribution in [0.25, 0.3) is 0 Å². The number of ether oxygens (including phenoxy) is 2. The molecule has 0 saturated carbocycles. The van der Waals surface area contributed by atoms with Crippen molar-refractivity contribution in [2.45, 2.75) is 47.0 Å². The summed E-state index contributed by atoms with van der Waals surface area (Å²) in [5.41, 5.74) is 0.400. The second-order valence-electron chi connectivity index (χ2n) is 6.44. The minimum atomic E-state index is -0.411. The van der Waals surface area contributed by atoms with Crippen LogP contribution in [0.3, 0.4) is 0 Å². The van der Waals surface area contributed by atoms with Crippen LogP contribution in [0.15, 0.2) is 24.3 Å². The van der Waals surface area contributed by atoms with Crippen LogP contribution in [0.1, 0.15) is 57.3 Å². The maximum atomic E-state index is 12.3. The number of quaternary nitrogens is 1. The summed E-state index contributed by atoms with van der Waals surface area (Å²) in [6.45, 7) is 12.4. The normalized spacial score (nSPS) is 13.1. The number of hydrogen-bond acceptors (Lipinski definition) is 4. The fourth-order valence-corrected chi connectivity index (χ4v) is 3.05. The van der Waals surface area contributed by atoms with Gasteiger partial charge in [-0.3, -0.25) is 4.79 Å². The lowest BCUT2D eigenvalue weighted by atomic mass is 10.2. The van der Waals surface area contributed by atoms with Gasteiger partial charge in [0, 0.05) is 6.92 Å². The molecule has 25 heavy (non-hydrogen) atoms. The van der Waals surface area contributed by atoms with Crippen LogP contribution in [-0.4, -0.2) is 49.2 Å². The van der Waals surface area contributed by atoms with E-state index in [1.165, 1.54) is 25.8 Å². The summed E-state index contributed by atoms with van der Waals surface area (Å²) in [6.07, 6.45) is 3.48. The molecule has 0 spiro atoms. The summed E-state index contributed by atoms with van der Waals surface area (Å²) >= 11 is 0. The van der Waals surface area contributed by atoms with Crippen LogP contribution in [0, 0.1) is 0 Å².